The van der Waals surface area contributed by atoms with Crippen LogP contribution in [0, 0.1) is 0 Å². The molecule has 1 aromatic heterocycles. The highest BCUT2D eigenvalue weighted by atomic mass is 35.5. The van der Waals surface area contributed by atoms with E-state index >= 15 is 0 Å². The molecule has 2 saturated heterocycles. The average Bonchev–Trinajstić information content (AvgIpc) is 2.62. The van der Waals surface area contributed by atoms with Gasteiger partial charge < -0.3 is 10.1 Å². The van der Waals surface area contributed by atoms with Gasteiger partial charge in [-0.15, -0.1) is 0 Å². The van der Waals surface area contributed by atoms with E-state index in [2.05, 4.69) is 10.3 Å². The molecule has 0 spiro atoms. The van der Waals surface area contributed by atoms with Gasteiger partial charge in [0.2, 0.25) is 0 Å². The zero-order chi connectivity index (χ0) is 11.0. The average molecular weight is 239 g/mol. The molecule has 3 rings (SSSR count). The Hall–Kier alpha value is -0.800. The van der Waals surface area contributed by atoms with Crippen LogP contribution in [0.4, 0.5) is 0 Å². The van der Waals surface area contributed by atoms with Crippen molar-refractivity contribution < 1.29 is 4.74 Å². The molecule has 2 fully saturated rings. The highest BCUT2D eigenvalue weighted by molar-refractivity contribution is 6.29. The number of aromatic nitrogens is 1. The monoisotopic (exact) mass is 238 g/mol. The van der Waals surface area contributed by atoms with Gasteiger partial charge in [0.15, 0.2) is 0 Å². The van der Waals surface area contributed by atoms with Crippen LogP contribution in [0.15, 0.2) is 18.3 Å². The summed E-state index contributed by atoms with van der Waals surface area (Å²) >= 11 is 5.73. The molecule has 1 N–H and O–H groups in total. The molecule has 3 heterocycles. The number of fused-ring (bicyclic) bond motifs is 2. The summed E-state index contributed by atoms with van der Waals surface area (Å²) in [4.78, 5) is 4.02. The van der Waals surface area contributed by atoms with E-state index in [1.807, 2.05) is 6.07 Å². The smallest absolute Gasteiger partial charge is 0.138 e. The first-order valence-electron chi connectivity index (χ1n) is 5.84. The Morgan fingerprint density at radius 2 is 2.00 bits per heavy atom. The van der Waals surface area contributed by atoms with Gasteiger partial charge >= 0.3 is 0 Å². The number of nitrogens with zero attached hydrogens (tertiary/aromatic N) is 1. The topological polar surface area (TPSA) is 34.1 Å². The normalized spacial score (nSPS) is 32.7. The van der Waals surface area contributed by atoms with Crippen LogP contribution in [0.3, 0.4) is 0 Å². The number of halogens is 1. The molecule has 86 valence electrons. The molecule has 0 aliphatic carbocycles. The van der Waals surface area contributed by atoms with E-state index in [-0.39, 0.29) is 0 Å². The van der Waals surface area contributed by atoms with Gasteiger partial charge in [0.05, 0.1) is 6.20 Å². The van der Waals surface area contributed by atoms with Gasteiger partial charge in [0.1, 0.15) is 17.0 Å². The highest BCUT2D eigenvalue weighted by Gasteiger charge is 2.34. The maximum atomic E-state index is 5.93. The highest BCUT2D eigenvalue weighted by Crippen LogP contribution is 2.29. The fourth-order valence-electron chi connectivity index (χ4n) is 2.73. The lowest BCUT2D eigenvalue weighted by Gasteiger charge is -2.29. The van der Waals surface area contributed by atoms with Gasteiger partial charge in [-0.25, -0.2) is 4.98 Å². The minimum atomic E-state index is 0.335. The van der Waals surface area contributed by atoms with Crippen LogP contribution >= 0.6 is 11.6 Å². The first kappa shape index (κ1) is 10.4. The summed E-state index contributed by atoms with van der Waals surface area (Å²) in [5.41, 5.74) is 0. The van der Waals surface area contributed by atoms with E-state index in [1.165, 1.54) is 12.8 Å². The maximum absolute atomic E-state index is 5.93. The minimum absolute atomic E-state index is 0.335. The van der Waals surface area contributed by atoms with Crippen molar-refractivity contribution >= 4 is 11.6 Å². The van der Waals surface area contributed by atoms with Crippen LogP contribution in [0.1, 0.15) is 25.7 Å². The largest absolute Gasteiger partial charge is 0.489 e. The van der Waals surface area contributed by atoms with Crippen LogP contribution in [0.25, 0.3) is 0 Å². The SMILES string of the molecule is Clc1ccc(O[C@H]2C[C@H]3CC[C@@H](C2)N3)cn1. The van der Waals surface area contributed by atoms with E-state index in [1.54, 1.807) is 12.3 Å². The number of rotatable bonds is 2. The molecule has 2 aliphatic rings. The van der Waals surface area contributed by atoms with E-state index < -0.39 is 0 Å². The second kappa shape index (κ2) is 4.22. The van der Waals surface area contributed by atoms with Gasteiger partial charge in [-0.05, 0) is 37.8 Å². The van der Waals surface area contributed by atoms with Gasteiger partial charge in [0.25, 0.3) is 0 Å². The summed E-state index contributed by atoms with van der Waals surface area (Å²) in [7, 11) is 0. The molecule has 3 nitrogen and oxygen atoms in total. The molecule has 0 radical (unpaired) electrons. The van der Waals surface area contributed by atoms with Gasteiger partial charge in [0, 0.05) is 12.1 Å². The standard InChI is InChI=1S/C12H15ClN2O/c13-12-4-3-10(7-14-12)16-11-5-8-1-2-9(6-11)15-8/h3-4,7-9,11,15H,1-2,5-6H2/t8-,9+,11+. The van der Waals surface area contributed by atoms with Gasteiger partial charge in [-0.1, -0.05) is 11.6 Å². The summed E-state index contributed by atoms with van der Waals surface area (Å²) < 4.78 is 5.93. The zero-order valence-electron chi connectivity index (χ0n) is 9.03. The summed E-state index contributed by atoms with van der Waals surface area (Å²) in [6, 6.07) is 4.97. The predicted octanol–water partition coefficient (Wildman–Crippen LogP) is 2.40. The zero-order valence-corrected chi connectivity index (χ0v) is 9.78. The molecule has 1 aromatic rings. The summed E-state index contributed by atoms with van der Waals surface area (Å²) in [5.74, 6) is 0.829. The Kier molecular flexibility index (Phi) is 2.74. The Labute approximate surface area is 100 Å². The lowest BCUT2D eigenvalue weighted by molar-refractivity contribution is 0.137. The molecule has 0 unspecified atom stereocenters. The minimum Gasteiger partial charge on any atom is -0.489 e. The number of piperidine rings is 1. The third kappa shape index (κ3) is 2.15. The van der Waals surface area contributed by atoms with Crippen LogP contribution < -0.4 is 10.1 Å². The molecule has 0 saturated carbocycles. The molecule has 3 atom stereocenters. The summed E-state index contributed by atoms with van der Waals surface area (Å²) in [6.07, 6.45) is 6.85. The molecule has 0 aromatic carbocycles. The Morgan fingerprint density at radius 1 is 1.25 bits per heavy atom. The molecule has 0 amide bonds. The quantitative estimate of drug-likeness (QED) is 0.804. The number of pyridine rings is 1. The first-order valence-corrected chi connectivity index (χ1v) is 6.21. The summed E-state index contributed by atoms with van der Waals surface area (Å²) in [6.45, 7) is 0. The van der Waals surface area contributed by atoms with Gasteiger partial charge in [-0.3, -0.25) is 0 Å². The van der Waals surface area contributed by atoms with Crippen molar-refractivity contribution in [3.8, 4) is 5.75 Å². The van der Waals surface area contributed by atoms with Crippen molar-refractivity contribution in [1.82, 2.24) is 10.3 Å². The van der Waals surface area contributed by atoms with Crippen molar-refractivity contribution in [3.63, 3.8) is 0 Å². The third-order valence-corrected chi connectivity index (χ3v) is 3.66. The molecule has 2 bridgehead atoms. The van der Waals surface area contributed by atoms with E-state index in [9.17, 15) is 0 Å². The Morgan fingerprint density at radius 3 is 2.62 bits per heavy atom. The molecular weight excluding hydrogens is 224 g/mol. The number of hydrogen-bond acceptors (Lipinski definition) is 3. The molecule has 2 aliphatic heterocycles. The second-order valence-electron chi connectivity index (χ2n) is 4.67. The van der Waals surface area contributed by atoms with Crippen LogP contribution in [-0.2, 0) is 0 Å². The second-order valence-corrected chi connectivity index (χ2v) is 5.05. The maximum Gasteiger partial charge on any atom is 0.138 e. The number of nitrogens with one attached hydrogen (secondary N) is 1. The van der Waals surface area contributed by atoms with Crippen molar-refractivity contribution in [3.05, 3.63) is 23.5 Å². The summed E-state index contributed by atoms with van der Waals surface area (Å²) in [5, 5.41) is 4.11. The predicted molar refractivity (Wildman–Crippen MR) is 62.8 cm³/mol. The van der Waals surface area contributed by atoms with Crippen LogP contribution in [-0.4, -0.2) is 23.2 Å². The first-order chi connectivity index (χ1) is 7.79. The lowest BCUT2D eigenvalue weighted by Crippen LogP contribution is -2.42. The Balaban J connectivity index is 1.64. The Bertz CT molecular complexity index is 356. The fraction of sp³-hybridized carbons (Fsp3) is 0.583. The molecule has 4 heteroatoms. The van der Waals surface area contributed by atoms with Crippen molar-refractivity contribution in [2.75, 3.05) is 0 Å². The van der Waals surface area contributed by atoms with Crippen LogP contribution in [0.2, 0.25) is 5.15 Å². The van der Waals surface area contributed by atoms with E-state index in [4.69, 9.17) is 16.3 Å². The third-order valence-electron chi connectivity index (χ3n) is 3.43. The van der Waals surface area contributed by atoms with Crippen LogP contribution in [0.5, 0.6) is 5.75 Å². The van der Waals surface area contributed by atoms with Gasteiger partial charge in [-0.2, -0.15) is 0 Å². The lowest BCUT2D eigenvalue weighted by atomic mass is 10.0. The molecule has 16 heavy (non-hydrogen) atoms. The number of ether oxygens (including phenoxy) is 1. The van der Waals surface area contributed by atoms with Crippen molar-refractivity contribution in [2.45, 2.75) is 43.9 Å². The van der Waals surface area contributed by atoms with Crippen molar-refractivity contribution in [2.24, 2.45) is 0 Å². The number of hydrogen-bond donors (Lipinski definition) is 1. The van der Waals surface area contributed by atoms with Crippen molar-refractivity contribution in [1.29, 1.82) is 0 Å². The molecular formula is C12H15ClN2O. The van der Waals surface area contributed by atoms with E-state index in [0.717, 1.165) is 18.6 Å². The van der Waals surface area contributed by atoms with E-state index in [0.29, 0.717) is 23.3 Å². The fourth-order valence-corrected chi connectivity index (χ4v) is 2.84.